The molecule has 0 saturated heterocycles. The van der Waals surface area contributed by atoms with Crippen LogP contribution in [0.25, 0.3) is 0 Å². The van der Waals surface area contributed by atoms with Crippen LogP contribution < -0.4 is 15.5 Å². The number of hydrogen-bond acceptors (Lipinski definition) is 2. The summed E-state index contributed by atoms with van der Waals surface area (Å²) in [6, 6.07) is 11.1. The number of urea groups is 1. The van der Waals surface area contributed by atoms with Gasteiger partial charge in [0.15, 0.2) is 0 Å². The van der Waals surface area contributed by atoms with Gasteiger partial charge in [-0.05, 0) is 43.7 Å². The highest BCUT2D eigenvalue weighted by molar-refractivity contribution is 6.01. The van der Waals surface area contributed by atoms with Crippen LogP contribution in [0.1, 0.15) is 50.2 Å². The van der Waals surface area contributed by atoms with Gasteiger partial charge in [-0.15, -0.1) is 0 Å². The van der Waals surface area contributed by atoms with Crippen molar-refractivity contribution in [2.45, 2.75) is 52.1 Å². The Labute approximate surface area is 187 Å². The molecule has 2 aromatic rings. The number of benzene rings is 2. The summed E-state index contributed by atoms with van der Waals surface area (Å²) in [5, 5.41) is 5.45. The molecule has 0 heterocycles. The van der Waals surface area contributed by atoms with Crippen LogP contribution in [0.3, 0.4) is 0 Å². The van der Waals surface area contributed by atoms with Gasteiger partial charge in [-0.1, -0.05) is 49.9 Å². The zero-order chi connectivity index (χ0) is 23.6. The number of hydrogen-bond donors (Lipinski definition) is 2. The molecule has 0 unspecified atom stereocenters. The molecule has 2 rings (SSSR count). The number of rotatable bonds is 10. The number of carbonyl (C=O) groups excluding carboxylic acids is 2. The first-order chi connectivity index (χ1) is 15.2. The first kappa shape index (κ1) is 25.2. The van der Waals surface area contributed by atoms with Gasteiger partial charge in [0.1, 0.15) is 0 Å². The number of halogens is 3. The van der Waals surface area contributed by atoms with Crippen molar-refractivity contribution in [2.24, 2.45) is 0 Å². The van der Waals surface area contributed by atoms with E-state index in [2.05, 4.69) is 17.6 Å². The number of nitrogens with zero attached hydrogens (tertiary/aromatic N) is 1. The lowest BCUT2D eigenvalue weighted by molar-refractivity contribution is -0.137. The number of aryl methyl sites for hydroxylation is 1. The largest absolute Gasteiger partial charge is 0.416 e. The van der Waals surface area contributed by atoms with E-state index in [9.17, 15) is 22.8 Å². The molecular formula is C24H30F3N3O2. The summed E-state index contributed by atoms with van der Waals surface area (Å²) >= 11 is 0. The molecule has 0 aromatic heterocycles. The van der Waals surface area contributed by atoms with Crippen LogP contribution in [0.2, 0.25) is 0 Å². The Morgan fingerprint density at radius 2 is 1.72 bits per heavy atom. The van der Waals surface area contributed by atoms with Crippen LogP contribution in [0.15, 0.2) is 48.5 Å². The van der Waals surface area contributed by atoms with Crippen molar-refractivity contribution >= 4 is 23.3 Å². The van der Waals surface area contributed by atoms with Gasteiger partial charge in [0.05, 0.1) is 5.56 Å². The molecule has 8 heteroatoms. The van der Waals surface area contributed by atoms with E-state index in [1.54, 1.807) is 12.1 Å². The summed E-state index contributed by atoms with van der Waals surface area (Å²) in [7, 11) is 0. The average Bonchev–Trinajstić information content (AvgIpc) is 2.75. The van der Waals surface area contributed by atoms with E-state index in [0.29, 0.717) is 12.1 Å². The molecule has 0 radical (unpaired) electrons. The molecule has 2 N–H and O–H groups in total. The molecule has 0 aliphatic heterocycles. The Bertz CT molecular complexity index is 883. The summed E-state index contributed by atoms with van der Waals surface area (Å²) < 4.78 is 39.5. The number of nitrogens with one attached hydrogen (secondary N) is 2. The molecule has 0 saturated carbocycles. The van der Waals surface area contributed by atoms with Crippen LogP contribution in [0.4, 0.5) is 29.3 Å². The minimum atomic E-state index is -4.53. The predicted molar refractivity (Wildman–Crippen MR) is 121 cm³/mol. The molecule has 2 aromatic carbocycles. The lowest BCUT2D eigenvalue weighted by Crippen LogP contribution is -2.41. The summed E-state index contributed by atoms with van der Waals surface area (Å²) in [6.45, 7) is 4.15. The van der Waals surface area contributed by atoms with Gasteiger partial charge in [0, 0.05) is 30.9 Å². The van der Waals surface area contributed by atoms with Crippen molar-refractivity contribution in [3.63, 3.8) is 0 Å². The smallest absolute Gasteiger partial charge is 0.354 e. The van der Waals surface area contributed by atoms with E-state index in [4.69, 9.17) is 0 Å². The van der Waals surface area contributed by atoms with E-state index in [1.165, 1.54) is 17.0 Å². The van der Waals surface area contributed by atoms with E-state index in [0.717, 1.165) is 43.4 Å². The van der Waals surface area contributed by atoms with Gasteiger partial charge in [0.2, 0.25) is 5.91 Å². The van der Waals surface area contributed by atoms with Crippen molar-refractivity contribution in [3.8, 4) is 0 Å². The summed E-state index contributed by atoms with van der Waals surface area (Å²) in [5.74, 6) is -0.135. The molecule has 0 aliphatic rings. The van der Waals surface area contributed by atoms with Crippen molar-refractivity contribution in [2.75, 3.05) is 23.3 Å². The normalized spacial score (nSPS) is 11.2. The highest BCUT2D eigenvalue weighted by Crippen LogP contribution is 2.31. The Morgan fingerprint density at radius 1 is 1.00 bits per heavy atom. The van der Waals surface area contributed by atoms with Gasteiger partial charge >= 0.3 is 12.2 Å². The molecule has 0 bridgehead atoms. The van der Waals surface area contributed by atoms with Crippen LogP contribution in [-0.4, -0.2) is 25.0 Å². The second-order valence-corrected chi connectivity index (χ2v) is 7.66. The molecule has 32 heavy (non-hydrogen) atoms. The third kappa shape index (κ3) is 8.24. The monoisotopic (exact) mass is 449 g/mol. The van der Waals surface area contributed by atoms with Crippen LogP contribution in [-0.2, 0) is 11.0 Å². The number of anilines is 2. The van der Waals surface area contributed by atoms with Gasteiger partial charge in [-0.2, -0.15) is 13.2 Å². The number of carbonyl (C=O) groups is 2. The Morgan fingerprint density at radius 3 is 2.38 bits per heavy atom. The van der Waals surface area contributed by atoms with Gasteiger partial charge in [0.25, 0.3) is 0 Å². The number of unbranched alkanes of at least 4 members (excludes halogenated alkanes) is 3. The Hall–Kier alpha value is -3.03. The molecule has 0 fully saturated rings. The summed E-state index contributed by atoms with van der Waals surface area (Å²) in [5.41, 5.74) is 0.793. The third-order valence-corrected chi connectivity index (χ3v) is 4.95. The first-order valence-corrected chi connectivity index (χ1v) is 10.8. The fourth-order valence-corrected chi connectivity index (χ4v) is 3.13. The summed E-state index contributed by atoms with van der Waals surface area (Å²) in [6.07, 6.45) is -0.245. The fraction of sp³-hybridized carbons (Fsp3) is 0.417. The third-order valence-electron chi connectivity index (χ3n) is 4.95. The van der Waals surface area contributed by atoms with Gasteiger partial charge in [-0.3, -0.25) is 9.69 Å². The van der Waals surface area contributed by atoms with Gasteiger partial charge in [-0.25, -0.2) is 4.79 Å². The van der Waals surface area contributed by atoms with Crippen LogP contribution in [0, 0.1) is 6.92 Å². The van der Waals surface area contributed by atoms with E-state index < -0.39 is 17.8 Å². The Kier molecular flexibility index (Phi) is 9.56. The number of alkyl halides is 3. The second-order valence-electron chi connectivity index (χ2n) is 7.66. The summed E-state index contributed by atoms with van der Waals surface area (Å²) in [4.78, 5) is 26.1. The molecule has 5 nitrogen and oxygen atoms in total. The Balaban J connectivity index is 2.10. The zero-order valence-corrected chi connectivity index (χ0v) is 18.5. The SMILES string of the molecule is CCCCCCC(=O)NCCN(C(=O)Nc1ccc(C)cc1)c1cccc(C(F)(F)F)c1. The van der Waals surface area contributed by atoms with Crippen molar-refractivity contribution < 1.29 is 22.8 Å². The molecule has 0 aliphatic carbocycles. The van der Waals surface area contributed by atoms with Gasteiger partial charge < -0.3 is 10.6 Å². The fourth-order valence-electron chi connectivity index (χ4n) is 3.13. The van der Waals surface area contributed by atoms with Crippen LogP contribution >= 0.6 is 0 Å². The highest BCUT2D eigenvalue weighted by atomic mass is 19.4. The maximum Gasteiger partial charge on any atom is 0.416 e. The zero-order valence-electron chi connectivity index (χ0n) is 18.5. The van der Waals surface area contributed by atoms with E-state index in [-0.39, 0.29) is 24.7 Å². The molecule has 3 amide bonds. The minimum Gasteiger partial charge on any atom is -0.354 e. The quantitative estimate of drug-likeness (QED) is 0.428. The van der Waals surface area contributed by atoms with E-state index >= 15 is 0 Å². The second kappa shape index (κ2) is 12.1. The molecule has 174 valence electrons. The first-order valence-electron chi connectivity index (χ1n) is 10.8. The lowest BCUT2D eigenvalue weighted by Gasteiger charge is -2.24. The number of amides is 3. The van der Waals surface area contributed by atoms with Crippen molar-refractivity contribution in [3.05, 3.63) is 59.7 Å². The maximum atomic E-state index is 13.2. The molecule has 0 spiro atoms. The van der Waals surface area contributed by atoms with E-state index in [1.807, 2.05) is 19.1 Å². The molecular weight excluding hydrogens is 419 g/mol. The van der Waals surface area contributed by atoms with Crippen LogP contribution in [0.5, 0.6) is 0 Å². The minimum absolute atomic E-state index is 0.0275. The average molecular weight is 450 g/mol. The highest BCUT2D eigenvalue weighted by Gasteiger charge is 2.31. The van der Waals surface area contributed by atoms with Crippen molar-refractivity contribution in [1.82, 2.24) is 5.32 Å². The molecule has 0 atom stereocenters. The maximum absolute atomic E-state index is 13.2. The topological polar surface area (TPSA) is 61.4 Å². The predicted octanol–water partition coefficient (Wildman–Crippen LogP) is 6.14. The van der Waals surface area contributed by atoms with Crippen molar-refractivity contribution in [1.29, 1.82) is 0 Å². The lowest BCUT2D eigenvalue weighted by atomic mass is 10.1. The standard InChI is InChI=1S/C24H30F3N3O2/c1-3-4-5-6-10-22(31)28-15-16-30(21-9-7-8-19(17-21)24(25,26)27)23(32)29-20-13-11-18(2)12-14-20/h7-9,11-14,17H,3-6,10,15-16H2,1-2H3,(H,28,31)(H,29,32).